The number of hydrogen-bond acceptors (Lipinski definition) is 4. The second-order valence-electron chi connectivity index (χ2n) is 6.22. The van der Waals surface area contributed by atoms with Gasteiger partial charge in [0.1, 0.15) is 17.2 Å². The normalized spacial score (nSPS) is 16.5. The van der Waals surface area contributed by atoms with Crippen molar-refractivity contribution in [2.24, 2.45) is 5.92 Å². The minimum atomic E-state index is -0.724. The van der Waals surface area contributed by atoms with Crippen molar-refractivity contribution in [2.75, 3.05) is 6.61 Å². The number of amides is 1. The van der Waals surface area contributed by atoms with Gasteiger partial charge >= 0.3 is 0 Å². The van der Waals surface area contributed by atoms with Crippen molar-refractivity contribution in [2.45, 2.75) is 25.3 Å². The van der Waals surface area contributed by atoms with Crippen molar-refractivity contribution in [3.05, 3.63) is 58.3 Å². The third kappa shape index (κ3) is 3.07. The largest absolute Gasteiger partial charge is 0.394 e. The Morgan fingerprint density at radius 3 is 2.71 bits per heavy atom. The van der Waals surface area contributed by atoms with Gasteiger partial charge in [0.05, 0.1) is 12.1 Å². The number of carbonyl (C=O) groups excluding carboxylic acids is 1. The number of benzene rings is 1. The lowest BCUT2D eigenvalue weighted by molar-refractivity contribution is 0.0817. The average molecular weight is 331 g/mol. The fourth-order valence-corrected chi connectivity index (χ4v) is 2.64. The van der Waals surface area contributed by atoms with Crippen LogP contribution in [0.15, 0.2) is 41.2 Å². The predicted molar refractivity (Wildman–Crippen MR) is 85.5 cm³/mol. The topological polar surface area (TPSA) is 84.2 Å². The summed E-state index contributed by atoms with van der Waals surface area (Å²) in [5.41, 5.74) is -1.30. The molecule has 3 rings (SSSR count). The maximum Gasteiger partial charge on any atom is 0.272 e. The number of halogens is 1. The summed E-state index contributed by atoms with van der Waals surface area (Å²) in [4.78, 5) is 24.4. The first-order valence-corrected chi connectivity index (χ1v) is 7.73. The van der Waals surface area contributed by atoms with Crippen LogP contribution in [0.25, 0.3) is 5.69 Å². The van der Waals surface area contributed by atoms with Crippen LogP contribution < -0.4 is 10.9 Å². The summed E-state index contributed by atoms with van der Waals surface area (Å²) in [6.07, 6.45) is 1.89. The lowest BCUT2D eigenvalue weighted by atomic mass is 9.97. The Labute approximate surface area is 137 Å². The molecule has 1 unspecified atom stereocenters. The van der Waals surface area contributed by atoms with Gasteiger partial charge in [0.15, 0.2) is 0 Å². The molecular weight excluding hydrogens is 313 g/mol. The average Bonchev–Trinajstić information content (AvgIpc) is 3.41. The van der Waals surface area contributed by atoms with Crippen LogP contribution in [0.1, 0.15) is 30.3 Å². The van der Waals surface area contributed by atoms with Gasteiger partial charge in [-0.1, -0.05) is 12.1 Å². The molecule has 0 aliphatic heterocycles. The molecule has 1 atom stereocenters. The van der Waals surface area contributed by atoms with Gasteiger partial charge in [0, 0.05) is 6.07 Å². The fourth-order valence-electron chi connectivity index (χ4n) is 2.64. The van der Waals surface area contributed by atoms with Crippen molar-refractivity contribution in [1.82, 2.24) is 15.1 Å². The van der Waals surface area contributed by atoms with Crippen LogP contribution in [0, 0.1) is 11.7 Å². The third-order valence-electron chi connectivity index (χ3n) is 4.32. The summed E-state index contributed by atoms with van der Waals surface area (Å²) in [7, 11) is 0. The van der Waals surface area contributed by atoms with Gasteiger partial charge in [0.2, 0.25) is 0 Å². The van der Waals surface area contributed by atoms with Crippen LogP contribution in [0.2, 0.25) is 0 Å². The molecule has 1 aliphatic carbocycles. The molecule has 0 radical (unpaired) electrons. The van der Waals surface area contributed by atoms with Gasteiger partial charge in [-0.2, -0.15) is 9.78 Å². The quantitative estimate of drug-likeness (QED) is 0.864. The second-order valence-corrected chi connectivity index (χ2v) is 6.22. The Kier molecular flexibility index (Phi) is 4.19. The molecule has 7 heteroatoms. The number of carbonyl (C=O) groups is 1. The molecule has 126 valence electrons. The zero-order valence-corrected chi connectivity index (χ0v) is 13.2. The number of para-hydroxylation sites is 1. The Balaban J connectivity index is 1.92. The minimum Gasteiger partial charge on any atom is -0.394 e. The van der Waals surface area contributed by atoms with Crippen molar-refractivity contribution in [3.63, 3.8) is 0 Å². The Bertz CT molecular complexity index is 832. The zero-order chi connectivity index (χ0) is 17.3. The number of rotatable bonds is 5. The first-order chi connectivity index (χ1) is 11.4. The highest BCUT2D eigenvalue weighted by Gasteiger charge is 2.42. The first kappa shape index (κ1) is 16.3. The molecule has 1 amide bonds. The van der Waals surface area contributed by atoms with E-state index in [1.165, 1.54) is 30.3 Å². The van der Waals surface area contributed by atoms with E-state index >= 15 is 0 Å². The van der Waals surface area contributed by atoms with Gasteiger partial charge in [-0.25, -0.2) is 4.39 Å². The summed E-state index contributed by atoms with van der Waals surface area (Å²) < 4.78 is 14.8. The Hall–Kier alpha value is -2.54. The monoisotopic (exact) mass is 331 g/mol. The molecule has 1 aliphatic rings. The molecule has 6 nitrogen and oxygen atoms in total. The van der Waals surface area contributed by atoms with Crippen LogP contribution >= 0.6 is 0 Å². The third-order valence-corrected chi connectivity index (χ3v) is 4.32. The number of aromatic nitrogens is 2. The Morgan fingerprint density at radius 2 is 2.08 bits per heavy atom. The molecular formula is C17H18FN3O3. The molecule has 2 N–H and O–H groups in total. The van der Waals surface area contributed by atoms with Gasteiger partial charge in [-0.05, 0) is 43.9 Å². The Morgan fingerprint density at radius 1 is 1.38 bits per heavy atom. The van der Waals surface area contributed by atoms with E-state index in [4.69, 9.17) is 0 Å². The van der Waals surface area contributed by atoms with Gasteiger partial charge in [0.25, 0.3) is 11.5 Å². The van der Waals surface area contributed by atoms with Crippen molar-refractivity contribution >= 4 is 5.91 Å². The fraction of sp³-hybridized carbons (Fsp3) is 0.353. The van der Waals surface area contributed by atoms with E-state index in [-0.39, 0.29) is 23.9 Å². The molecule has 1 aromatic carbocycles. The lowest BCUT2D eigenvalue weighted by Crippen LogP contribution is -2.51. The second kappa shape index (κ2) is 6.16. The van der Waals surface area contributed by atoms with Gasteiger partial charge in [-0.3, -0.25) is 9.59 Å². The molecule has 24 heavy (non-hydrogen) atoms. The van der Waals surface area contributed by atoms with E-state index in [1.807, 2.05) is 0 Å². The predicted octanol–water partition coefficient (Wildman–Crippen LogP) is 1.26. The first-order valence-electron chi connectivity index (χ1n) is 7.73. The maximum absolute atomic E-state index is 13.9. The standard InChI is InChI=1S/C17H18FN3O3/c1-17(10-22,11-6-7-11)19-16(24)13-8-9-15(23)21(20-13)14-5-3-2-4-12(14)18/h2-5,8-9,11,22H,6-7,10H2,1H3,(H,19,24). The zero-order valence-electron chi connectivity index (χ0n) is 13.2. The number of nitrogens with zero attached hydrogens (tertiary/aromatic N) is 2. The highest BCUT2D eigenvalue weighted by molar-refractivity contribution is 5.92. The van der Waals surface area contributed by atoms with Crippen molar-refractivity contribution in [3.8, 4) is 5.69 Å². The van der Waals surface area contributed by atoms with Crippen LogP contribution in [0.4, 0.5) is 4.39 Å². The van der Waals surface area contributed by atoms with E-state index in [0.29, 0.717) is 0 Å². The molecule has 0 saturated heterocycles. The van der Waals surface area contributed by atoms with E-state index in [0.717, 1.165) is 17.5 Å². The van der Waals surface area contributed by atoms with Crippen LogP contribution in [-0.4, -0.2) is 32.9 Å². The lowest BCUT2D eigenvalue weighted by Gasteiger charge is -2.28. The highest BCUT2D eigenvalue weighted by atomic mass is 19.1. The number of hydrogen-bond donors (Lipinski definition) is 2. The molecule has 1 heterocycles. The van der Waals surface area contributed by atoms with Crippen LogP contribution in [0.5, 0.6) is 0 Å². The van der Waals surface area contributed by atoms with Gasteiger partial charge < -0.3 is 10.4 Å². The highest BCUT2D eigenvalue weighted by Crippen LogP contribution is 2.39. The molecule has 1 saturated carbocycles. The smallest absolute Gasteiger partial charge is 0.272 e. The molecule has 0 spiro atoms. The molecule has 1 aromatic heterocycles. The minimum absolute atomic E-state index is 0.0156. The maximum atomic E-state index is 13.9. The van der Waals surface area contributed by atoms with Crippen LogP contribution in [-0.2, 0) is 0 Å². The molecule has 0 bridgehead atoms. The van der Waals surface area contributed by atoms with E-state index in [9.17, 15) is 19.1 Å². The summed E-state index contributed by atoms with van der Waals surface area (Å²) in [5.74, 6) is -0.893. The van der Waals surface area contributed by atoms with E-state index in [2.05, 4.69) is 10.4 Å². The number of aliphatic hydroxyl groups is 1. The summed E-state index contributed by atoms with van der Waals surface area (Å²) >= 11 is 0. The van der Waals surface area contributed by atoms with Gasteiger partial charge in [-0.15, -0.1) is 0 Å². The molecule has 2 aromatic rings. The summed E-state index contributed by atoms with van der Waals surface area (Å²) in [6.45, 7) is 1.59. The number of nitrogens with one attached hydrogen (secondary N) is 1. The van der Waals surface area contributed by atoms with Crippen LogP contribution in [0.3, 0.4) is 0 Å². The van der Waals surface area contributed by atoms with E-state index < -0.39 is 22.8 Å². The van der Waals surface area contributed by atoms with Crippen molar-refractivity contribution in [1.29, 1.82) is 0 Å². The van der Waals surface area contributed by atoms with E-state index in [1.54, 1.807) is 13.0 Å². The molecule has 1 fully saturated rings. The SMILES string of the molecule is CC(CO)(NC(=O)c1ccc(=O)n(-c2ccccc2F)n1)C1CC1. The summed E-state index contributed by atoms with van der Waals surface area (Å²) in [5, 5.41) is 16.3. The number of aliphatic hydroxyl groups excluding tert-OH is 1. The summed E-state index contributed by atoms with van der Waals surface area (Å²) in [6, 6.07) is 8.17. The van der Waals surface area contributed by atoms with Crippen molar-refractivity contribution < 1.29 is 14.3 Å².